The molecule has 118 valence electrons. The molecule has 3 rings (SSSR count). The fourth-order valence-electron chi connectivity index (χ4n) is 2.89. The number of nitrogens with zero attached hydrogens (tertiary/aromatic N) is 1. The fourth-order valence-corrected chi connectivity index (χ4v) is 2.89. The lowest BCUT2D eigenvalue weighted by atomic mass is 10.2. The van der Waals surface area contributed by atoms with Gasteiger partial charge in [-0.3, -0.25) is 9.69 Å². The van der Waals surface area contributed by atoms with Crippen LogP contribution in [-0.2, 0) is 0 Å². The molecular formula is C17H23N3O2. The molecule has 5 nitrogen and oxygen atoms in total. The Morgan fingerprint density at radius 3 is 2.77 bits per heavy atom. The molecule has 0 radical (unpaired) electrons. The predicted molar refractivity (Wildman–Crippen MR) is 88.3 cm³/mol. The quantitative estimate of drug-likeness (QED) is 0.886. The summed E-state index contributed by atoms with van der Waals surface area (Å²) in [5.74, 6) is 0.811. The van der Waals surface area contributed by atoms with Gasteiger partial charge in [0.1, 0.15) is 5.75 Å². The van der Waals surface area contributed by atoms with Crippen LogP contribution in [0.3, 0.4) is 0 Å². The van der Waals surface area contributed by atoms with Crippen LogP contribution in [0.4, 0.5) is 0 Å². The van der Waals surface area contributed by atoms with Crippen LogP contribution in [0.2, 0.25) is 0 Å². The number of ether oxygens (including phenoxy) is 1. The number of H-pyrrole nitrogens is 1. The van der Waals surface area contributed by atoms with Crippen molar-refractivity contribution in [2.24, 2.45) is 0 Å². The monoisotopic (exact) mass is 301 g/mol. The number of piperazine rings is 1. The zero-order valence-corrected chi connectivity index (χ0v) is 13.0. The Labute approximate surface area is 130 Å². The van der Waals surface area contributed by atoms with Crippen LogP contribution in [0.1, 0.15) is 19.8 Å². The van der Waals surface area contributed by atoms with E-state index in [0.29, 0.717) is 0 Å². The van der Waals surface area contributed by atoms with E-state index in [1.54, 1.807) is 6.07 Å². The standard InChI is InChI=1S/C17H23N3O2/c1-2-3-17(20-10-8-18-9-11-20)22-14-6-4-13-5-7-16(21)19-15(13)12-14/h4-7,12,17-18H,2-3,8-11H2,1H3,(H,19,21). The molecule has 1 aromatic heterocycles. The van der Waals surface area contributed by atoms with E-state index in [0.717, 1.165) is 55.7 Å². The van der Waals surface area contributed by atoms with Crippen LogP contribution >= 0.6 is 0 Å². The lowest BCUT2D eigenvalue weighted by Crippen LogP contribution is -2.50. The smallest absolute Gasteiger partial charge is 0.248 e. The summed E-state index contributed by atoms with van der Waals surface area (Å²) in [6, 6.07) is 9.26. The van der Waals surface area contributed by atoms with Crippen molar-refractivity contribution >= 4 is 10.9 Å². The summed E-state index contributed by atoms with van der Waals surface area (Å²) in [4.78, 5) is 16.7. The molecule has 2 aromatic rings. The maximum atomic E-state index is 11.5. The third-order valence-electron chi connectivity index (χ3n) is 4.06. The number of rotatable bonds is 5. The maximum Gasteiger partial charge on any atom is 0.248 e. The molecule has 5 heteroatoms. The van der Waals surface area contributed by atoms with E-state index >= 15 is 0 Å². The summed E-state index contributed by atoms with van der Waals surface area (Å²) < 4.78 is 6.22. The molecule has 1 aliphatic rings. The molecule has 1 saturated heterocycles. The van der Waals surface area contributed by atoms with Crippen LogP contribution in [-0.4, -0.2) is 42.3 Å². The van der Waals surface area contributed by atoms with Crippen molar-refractivity contribution in [1.82, 2.24) is 15.2 Å². The first-order valence-electron chi connectivity index (χ1n) is 8.01. The Balaban J connectivity index is 1.80. The van der Waals surface area contributed by atoms with Gasteiger partial charge in [-0.2, -0.15) is 0 Å². The molecule has 2 heterocycles. The number of benzene rings is 1. The number of nitrogens with one attached hydrogen (secondary N) is 2. The van der Waals surface area contributed by atoms with E-state index in [1.165, 1.54) is 0 Å². The van der Waals surface area contributed by atoms with E-state index in [1.807, 2.05) is 24.3 Å². The summed E-state index contributed by atoms with van der Waals surface area (Å²) in [7, 11) is 0. The van der Waals surface area contributed by atoms with Crippen molar-refractivity contribution in [1.29, 1.82) is 0 Å². The second kappa shape index (κ2) is 6.94. The van der Waals surface area contributed by atoms with Crippen LogP contribution in [0, 0.1) is 0 Å². The zero-order chi connectivity index (χ0) is 15.4. The average molecular weight is 301 g/mol. The summed E-state index contributed by atoms with van der Waals surface area (Å²) in [6.45, 7) is 6.21. The van der Waals surface area contributed by atoms with Crippen LogP contribution in [0.15, 0.2) is 35.1 Å². The summed E-state index contributed by atoms with van der Waals surface area (Å²) in [5, 5.41) is 4.38. The van der Waals surface area contributed by atoms with Crippen molar-refractivity contribution in [3.05, 3.63) is 40.7 Å². The summed E-state index contributed by atoms with van der Waals surface area (Å²) in [6.07, 6.45) is 2.18. The maximum absolute atomic E-state index is 11.5. The number of pyridine rings is 1. The summed E-state index contributed by atoms with van der Waals surface area (Å²) in [5.41, 5.74) is 0.734. The predicted octanol–water partition coefficient (Wildman–Crippen LogP) is 1.94. The van der Waals surface area contributed by atoms with Crippen molar-refractivity contribution < 1.29 is 4.74 Å². The normalized spacial score (nSPS) is 17.5. The second-order valence-corrected chi connectivity index (χ2v) is 5.72. The van der Waals surface area contributed by atoms with Gasteiger partial charge in [0.2, 0.25) is 5.56 Å². The third kappa shape index (κ3) is 3.48. The van der Waals surface area contributed by atoms with Gasteiger partial charge in [-0.15, -0.1) is 0 Å². The molecule has 22 heavy (non-hydrogen) atoms. The Bertz CT molecular complexity index is 677. The molecule has 1 aromatic carbocycles. The van der Waals surface area contributed by atoms with E-state index in [-0.39, 0.29) is 11.8 Å². The molecule has 0 aliphatic carbocycles. The molecule has 1 atom stereocenters. The van der Waals surface area contributed by atoms with Crippen molar-refractivity contribution in [2.75, 3.05) is 26.2 Å². The molecule has 1 unspecified atom stereocenters. The highest BCUT2D eigenvalue weighted by Gasteiger charge is 2.21. The second-order valence-electron chi connectivity index (χ2n) is 5.72. The molecule has 1 aliphatic heterocycles. The van der Waals surface area contributed by atoms with Gasteiger partial charge in [-0.05, 0) is 30.0 Å². The molecule has 0 spiro atoms. The Morgan fingerprint density at radius 2 is 2.00 bits per heavy atom. The van der Waals surface area contributed by atoms with Crippen LogP contribution < -0.4 is 15.6 Å². The van der Waals surface area contributed by atoms with Gasteiger partial charge in [0, 0.05) is 38.3 Å². The number of aromatic nitrogens is 1. The highest BCUT2D eigenvalue weighted by Crippen LogP contribution is 2.21. The minimum Gasteiger partial charge on any atom is -0.475 e. The van der Waals surface area contributed by atoms with Gasteiger partial charge in [0.25, 0.3) is 0 Å². The minimum atomic E-state index is -0.0862. The molecule has 0 amide bonds. The van der Waals surface area contributed by atoms with E-state index < -0.39 is 0 Å². The zero-order valence-electron chi connectivity index (χ0n) is 13.0. The molecule has 0 bridgehead atoms. The molecule has 2 N–H and O–H groups in total. The largest absolute Gasteiger partial charge is 0.475 e. The summed E-state index contributed by atoms with van der Waals surface area (Å²) >= 11 is 0. The molecule has 0 saturated carbocycles. The fraction of sp³-hybridized carbons (Fsp3) is 0.471. The Morgan fingerprint density at radius 1 is 1.23 bits per heavy atom. The lowest BCUT2D eigenvalue weighted by Gasteiger charge is -2.34. The van der Waals surface area contributed by atoms with E-state index in [9.17, 15) is 4.79 Å². The highest BCUT2D eigenvalue weighted by atomic mass is 16.5. The SMILES string of the molecule is CCCC(Oc1ccc2ccc(=O)[nH]c2c1)N1CCNCC1. The topological polar surface area (TPSA) is 57.4 Å². The minimum absolute atomic E-state index is 0.0862. The van der Waals surface area contributed by atoms with Gasteiger partial charge in [0.05, 0.1) is 5.52 Å². The van der Waals surface area contributed by atoms with E-state index in [2.05, 4.69) is 22.1 Å². The van der Waals surface area contributed by atoms with Gasteiger partial charge in [0.15, 0.2) is 6.23 Å². The lowest BCUT2D eigenvalue weighted by molar-refractivity contribution is 0.0106. The number of fused-ring (bicyclic) bond motifs is 1. The van der Waals surface area contributed by atoms with Crippen molar-refractivity contribution in [2.45, 2.75) is 26.0 Å². The number of hydrogen-bond acceptors (Lipinski definition) is 4. The van der Waals surface area contributed by atoms with E-state index in [4.69, 9.17) is 4.74 Å². The van der Waals surface area contributed by atoms with Gasteiger partial charge in [-0.1, -0.05) is 13.3 Å². The molecular weight excluding hydrogens is 278 g/mol. The first-order valence-corrected chi connectivity index (χ1v) is 8.01. The number of hydrogen-bond donors (Lipinski definition) is 2. The molecule has 1 fully saturated rings. The van der Waals surface area contributed by atoms with Gasteiger partial charge >= 0.3 is 0 Å². The first-order chi connectivity index (χ1) is 10.8. The Hall–Kier alpha value is -1.85. The Kier molecular flexibility index (Phi) is 4.75. The average Bonchev–Trinajstić information content (AvgIpc) is 2.55. The highest BCUT2D eigenvalue weighted by molar-refractivity contribution is 5.79. The number of aromatic amines is 1. The van der Waals surface area contributed by atoms with Crippen molar-refractivity contribution in [3.8, 4) is 5.75 Å². The van der Waals surface area contributed by atoms with Crippen LogP contribution in [0.5, 0.6) is 5.75 Å². The van der Waals surface area contributed by atoms with Gasteiger partial charge in [-0.25, -0.2) is 0 Å². The van der Waals surface area contributed by atoms with Gasteiger partial charge < -0.3 is 15.0 Å². The third-order valence-corrected chi connectivity index (χ3v) is 4.06. The van der Waals surface area contributed by atoms with Crippen LogP contribution in [0.25, 0.3) is 10.9 Å². The van der Waals surface area contributed by atoms with Crippen molar-refractivity contribution in [3.63, 3.8) is 0 Å². The first kappa shape index (κ1) is 15.1.